The SMILES string of the molecule is CCN(CC(C)C(N)=S)S(=O)(=O)c1cnc(C)s1. The van der Waals surface area contributed by atoms with Gasteiger partial charge in [-0.05, 0) is 6.92 Å². The summed E-state index contributed by atoms with van der Waals surface area (Å²) in [6.45, 7) is 6.06. The summed E-state index contributed by atoms with van der Waals surface area (Å²) in [6, 6.07) is 0. The third-order valence-corrected chi connectivity index (χ3v) is 6.20. The van der Waals surface area contributed by atoms with Gasteiger partial charge in [0.25, 0.3) is 10.0 Å². The second kappa shape index (κ2) is 6.05. The second-order valence-electron chi connectivity index (χ2n) is 3.96. The molecule has 0 bridgehead atoms. The van der Waals surface area contributed by atoms with E-state index < -0.39 is 10.0 Å². The standard InChI is InChI=1S/C10H17N3O2S3/c1-4-13(6-7(2)10(11)16)18(14,15)9-5-12-8(3)17-9/h5,7H,4,6H2,1-3H3,(H2,11,16). The van der Waals surface area contributed by atoms with E-state index in [1.165, 1.54) is 21.8 Å². The van der Waals surface area contributed by atoms with Crippen LogP contribution in [0.4, 0.5) is 0 Å². The molecule has 102 valence electrons. The van der Waals surface area contributed by atoms with Gasteiger partial charge in [0.1, 0.15) is 0 Å². The van der Waals surface area contributed by atoms with Crippen LogP contribution in [-0.4, -0.2) is 35.8 Å². The number of sulfonamides is 1. The zero-order valence-electron chi connectivity index (χ0n) is 10.6. The van der Waals surface area contributed by atoms with Crippen LogP contribution < -0.4 is 5.73 Å². The van der Waals surface area contributed by atoms with E-state index in [1.54, 1.807) is 13.8 Å². The van der Waals surface area contributed by atoms with Gasteiger partial charge in [0.2, 0.25) is 0 Å². The lowest BCUT2D eigenvalue weighted by Gasteiger charge is -2.22. The molecule has 0 fully saturated rings. The highest BCUT2D eigenvalue weighted by atomic mass is 32.2. The van der Waals surface area contributed by atoms with Gasteiger partial charge in [-0.2, -0.15) is 4.31 Å². The van der Waals surface area contributed by atoms with Gasteiger partial charge in [-0.1, -0.05) is 26.1 Å². The highest BCUT2D eigenvalue weighted by Gasteiger charge is 2.27. The lowest BCUT2D eigenvalue weighted by atomic mass is 10.2. The fraction of sp³-hybridized carbons (Fsp3) is 0.600. The largest absolute Gasteiger partial charge is 0.393 e. The number of aryl methyl sites for hydroxylation is 1. The molecule has 0 saturated heterocycles. The average Bonchev–Trinajstić information content (AvgIpc) is 2.72. The monoisotopic (exact) mass is 307 g/mol. The van der Waals surface area contributed by atoms with Crippen LogP contribution in [0.25, 0.3) is 0 Å². The summed E-state index contributed by atoms with van der Waals surface area (Å²) in [5.74, 6) is -0.149. The third-order valence-electron chi connectivity index (χ3n) is 2.51. The molecule has 1 rings (SSSR count). The molecule has 1 atom stereocenters. The molecule has 8 heteroatoms. The van der Waals surface area contributed by atoms with Crippen molar-refractivity contribution >= 4 is 38.6 Å². The molecule has 0 saturated carbocycles. The molecule has 5 nitrogen and oxygen atoms in total. The van der Waals surface area contributed by atoms with Gasteiger partial charge in [-0.3, -0.25) is 0 Å². The fourth-order valence-electron chi connectivity index (χ4n) is 1.38. The van der Waals surface area contributed by atoms with Crippen LogP contribution in [0.5, 0.6) is 0 Å². The van der Waals surface area contributed by atoms with Crippen molar-refractivity contribution in [3.05, 3.63) is 11.2 Å². The van der Waals surface area contributed by atoms with E-state index in [1.807, 2.05) is 6.92 Å². The number of hydrogen-bond acceptors (Lipinski definition) is 5. The second-order valence-corrected chi connectivity index (χ2v) is 7.83. The lowest BCUT2D eigenvalue weighted by molar-refractivity contribution is 0.406. The first-order valence-electron chi connectivity index (χ1n) is 5.51. The maximum absolute atomic E-state index is 12.3. The summed E-state index contributed by atoms with van der Waals surface area (Å²) in [5, 5.41) is 0.729. The van der Waals surface area contributed by atoms with Crippen LogP contribution in [-0.2, 0) is 10.0 Å². The predicted octanol–water partition coefficient (Wildman–Crippen LogP) is 1.38. The molecule has 1 heterocycles. The van der Waals surface area contributed by atoms with E-state index in [4.69, 9.17) is 18.0 Å². The number of aromatic nitrogens is 1. The topological polar surface area (TPSA) is 76.3 Å². The number of nitrogens with zero attached hydrogens (tertiary/aromatic N) is 2. The molecule has 0 amide bonds. The van der Waals surface area contributed by atoms with Gasteiger partial charge in [0.15, 0.2) is 4.21 Å². The van der Waals surface area contributed by atoms with Crippen molar-refractivity contribution < 1.29 is 8.42 Å². The zero-order valence-corrected chi connectivity index (χ0v) is 13.0. The van der Waals surface area contributed by atoms with Gasteiger partial charge in [0.05, 0.1) is 16.2 Å². The van der Waals surface area contributed by atoms with Crippen LogP contribution in [0.3, 0.4) is 0 Å². The molecule has 1 aromatic heterocycles. The van der Waals surface area contributed by atoms with E-state index in [2.05, 4.69) is 4.98 Å². The molecular weight excluding hydrogens is 290 g/mol. The lowest BCUT2D eigenvalue weighted by Crippen LogP contribution is -2.37. The predicted molar refractivity (Wildman–Crippen MR) is 77.2 cm³/mol. The minimum atomic E-state index is -3.48. The Hall–Kier alpha value is -0.570. The van der Waals surface area contributed by atoms with Crippen LogP contribution in [0.1, 0.15) is 18.9 Å². The van der Waals surface area contributed by atoms with E-state index >= 15 is 0 Å². The van der Waals surface area contributed by atoms with Crippen LogP contribution in [0.2, 0.25) is 0 Å². The van der Waals surface area contributed by atoms with Crippen LogP contribution in [0.15, 0.2) is 10.4 Å². The summed E-state index contributed by atoms with van der Waals surface area (Å²) in [6.07, 6.45) is 1.39. The number of nitrogens with two attached hydrogens (primary N) is 1. The van der Waals surface area contributed by atoms with Gasteiger partial charge >= 0.3 is 0 Å². The summed E-state index contributed by atoms with van der Waals surface area (Å²) in [7, 11) is -3.48. The first kappa shape index (κ1) is 15.5. The maximum atomic E-state index is 12.3. The van der Waals surface area contributed by atoms with Crippen molar-refractivity contribution in [1.82, 2.24) is 9.29 Å². The molecular formula is C10H17N3O2S3. The maximum Gasteiger partial charge on any atom is 0.254 e. The fourth-order valence-corrected chi connectivity index (χ4v) is 4.26. The van der Waals surface area contributed by atoms with Crippen molar-refractivity contribution in [2.24, 2.45) is 11.7 Å². The van der Waals surface area contributed by atoms with Gasteiger partial charge in [0, 0.05) is 19.0 Å². The van der Waals surface area contributed by atoms with Crippen LogP contribution in [0, 0.1) is 12.8 Å². The molecule has 0 spiro atoms. The molecule has 1 unspecified atom stereocenters. The Balaban J connectivity index is 2.97. The Morgan fingerprint density at radius 1 is 1.67 bits per heavy atom. The zero-order chi connectivity index (χ0) is 13.9. The minimum absolute atomic E-state index is 0.149. The molecule has 2 N–H and O–H groups in total. The normalized spacial score (nSPS) is 13.8. The summed E-state index contributed by atoms with van der Waals surface area (Å²) < 4.78 is 26.3. The van der Waals surface area contributed by atoms with Gasteiger partial charge < -0.3 is 5.73 Å². The Bertz CT molecular complexity index is 524. The smallest absolute Gasteiger partial charge is 0.254 e. The highest BCUT2D eigenvalue weighted by Crippen LogP contribution is 2.22. The number of thiazole rings is 1. The summed E-state index contributed by atoms with van der Waals surface area (Å²) in [4.78, 5) is 4.30. The molecule has 0 aromatic carbocycles. The average molecular weight is 307 g/mol. The van der Waals surface area contributed by atoms with E-state index in [0.29, 0.717) is 18.1 Å². The van der Waals surface area contributed by atoms with Gasteiger partial charge in [-0.15, -0.1) is 11.3 Å². The van der Waals surface area contributed by atoms with Crippen molar-refractivity contribution in [2.45, 2.75) is 25.0 Å². The quantitative estimate of drug-likeness (QED) is 0.804. The molecule has 0 aliphatic rings. The van der Waals surface area contributed by atoms with E-state index in [-0.39, 0.29) is 10.1 Å². The third kappa shape index (κ3) is 3.47. The Labute approximate surface area is 117 Å². The summed E-state index contributed by atoms with van der Waals surface area (Å²) in [5.41, 5.74) is 5.53. The summed E-state index contributed by atoms with van der Waals surface area (Å²) >= 11 is 6.04. The van der Waals surface area contributed by atoms with E-state index in [9.17, 15) is 8.42 Å². The number of thiocarbonyl (C=S) groups is 1. The number of hydrogen-bond donors (Lipinski definition) is 1. The molecule has 1 aromatic rings. The Morgan fingerprint density at radius 3 is 2.67 bits per heavy atom. The molecule has 0 aliphatic heterocycles. The van der Waals surface area contributed by atoms with Crippen LogP contribution >= 0.6 is 23.6 Å². The van der Waals surface area contributed by atoms with E-state index in [0.717, 1.165) is 5.01 Å². The number of rotatable bonds is 6. The first-order valence-corrected chi connectivity index (χ1v) is 8.17. The van der Waals surface area contributed by atoms with Crippen molar-refractivity contribution in [3.63, 3.8) is 0 Å². The molecule has 0 radical (unpaired) electrons. The Morgan fingerprint density at radius 2 is 2.28 bits per heavy atom. The molecule has 0 aliphatic carbocycles. The van der Waals surface area contributed by atoms with Crippen molar-refractivity contribution in [1.29, 1.82) is 0 Å². The van der Waals surface area contributed by atoms with Crippen molar-refractivity contribution in [2.75, 3.05) is 13.1 Å². The van der Waals surface area contributed by atoms with Crippen molar-refractivity contribution in [3.8, 4) is 0 Å². The molecule has 18 heavy (non-hydrogen) atoms. The highest BCUT2D eigenvalue weighted by molar-refractivity contribution is 7.91. The minimum Gasteiger partial charge on any atom is -0.393 e. The first-order chi connectivity index (χ1) is 8.28. The Kier molecular flexibility index (Phi) is 5.20. The van der Waals surface area contributed by atoms with Gasteiger partial charge in [-0.25, -0.2) is 13.4 Å².